The summed E-state index contributed by atoms with van der Waals surface area (Å²) >= 11 is 5.98. The number of hydrogen-bond acceptors (Lipinski definition) is 4. The van der Waals surface area contributed by atoms with Crippen molar-refractivity contribution in [3.8, 4) is 0 Å². The van der Waals surface area contributed by atoms with E-state index in [0.717, 1.165) is 0 Å². The monoisotopic (exact) mass is 381 g/mol. The van der Waals surface area contributed by atoms with Gasteiger partial charge in [0.1, 0.15) is 13.2 Å². The van der Waals surface area contributed by atoms with Crippen molar-refractivity contribution in [1.29, 1.82) is 0 Å². The quantitative estimate of drug-likeness (QED) is 0.687. The fourth-order valence-corrected chi connectivity index (χ4v) is 2.90. The highest BCUT2D eigenvalue weighted by molar-refractivity contribution is 6.31. The highest BCUT2D eigenvalue weighted by atomic mass is 35.5. The summed E-state index contributed by atoms with van der Waals surface area (Å²) in [6, 6.07) is 6.93. The average molecular weight is 382 g/mol. The van der Waals surface area contributed by atoms with Crippen LogP contribution in [0.3, 0.4) is 0 Å². The van der Waals surface area contributed by atoms with E-state index >= 15 is 0 Å². The second-order valence-corrected chi connectivity index (χ2v) is 6.53. The van der Waals surface area contributed by atoms with E-state index in [9.17, 15) is 14.4 Å². The summed E-state index contributed by atoms with van der Waals surface area (Å²) in [7, 11) is 1.55. The molecule has 26 heavy (non-hydrogen) atoms. The van der Waals surface area contributed by atoms with Crippen molar-refractivity contribution >= 4 is 35.0 Å². The summed E-state index contributed by atoms with van der Waals surface area (Å²) in [5, 5.41) is 0.524. The van der Waals surface area contributed by atoms with Gasteiger partial charge < -0.3 is 14.5 Å². The molecule has 1 saturated heterocycles. The van der Waals surface area contributed by atoms with Gasteiger partial charge in [-0.3, -0.25) is 19.3 Å². The van der Waals surface area contributed by atoms with Crippen LogP contribution in [-0.2, 0) is 19.1 Å². The Morgan fingerprint density at radius 1 is 1.35 bits per heavy atom. The van der Waals surface area contributed by atoms with Crippen LogP contribution in [0.4, 0.5) is 5.69 Å². The molecule has 0 atom stereocenters. The Balaban J connectivity index is 2.02. The Kier molecular flexibility index (Phi) is 7.41. The van der Waals surface area contributed by atoms with Crippen LogP contribution in [0.1, 0.15) is 19.8 Å². The number of nitrogens with zero attached hydrogens (tertiary/aromatic N) is 3. The second-order valence-electron chi connectivity index (χ2n) is 6.09. The Morgan fingerprint density at radius 2 is 2.12 bits per heavy atom. The maximum atomic E-state index is 12.6. The normalized spacial score (nSPS) is 14.0. The van der Waals surface area contributed by atoms with Gasteiger partial charge in [-0.1, -0.05) is 24.6 Å². The van der Waals surface area contributed by atoms with Crippen molar-refractivity contribution in [3.63, 3.8) is 0 Å². The van der Waals surface area contributed by atoms with Crippen molar-refractivity contribution in [2.75, 3.05) is 44.9 Å². The number of amides is 3. The van der Waals surface area contributed by atoms with E-state index < -0.39 is 0 Å². The summed E-state index contributed by atoms with van der Waals surface area (Å²) in [6.07, 6.45) is 1.09. The van der Waals surface area contributed by atoms with Gasteiger partial charge in [0, 0.05) is 30.8 Å². The molecule has 2 rings (SSSR count). The molecule has 1 heterocycles. The first kappa shape index (κ1) is 20.2. The molecule has 0 spiro atoms. The molecule has 0 unspecified atom stereocenters. The van der Waals surface area contributed by atoms with Crippen LogP contribution in [0.15, 0.2) is 24.3 Å². The van der Waals surface area contributed by atoms with E-state index in [0.29, 0.717) is 36.7 Å². The van der Waals surface area contributed by atoms with Crippen LogP contribution in [0, 0.1) is 0 Å². The zero-order chi connectivity index (χ0) is 19.1. The highest BCUT2D eigenvalue weighted by Crippen LogP contribution is 2.23. The van der Waals surface area contributed by atoms with Crippen molar-refractivity contribution in [2.24, 2.45) is 0 Å². The van der Waals surface area contributed by atoms with Gasteiger partial charge in [0.15, 0.2) is 0 Å². The Morgan fingerprint density at radius 3 is 2.77 bits per heavy atom. The minimum Gasteiger partial charge on any atom is -0.383 e. The molecule has 1 aromatic carbocycles. The van der Waals surface area contributed by atoms with Crippen molar-refractivity contribution in [3.05, 3.63) is 29.3 Å². The van der Waals surface area contributed by atoms with E-state index in [2.05, 4.69) is 0 Å². The van der Waals surface area contributed by atoms with Gasteiger partial charge in [-0.25, -0.2) is 0 Å². The molecule has 7 nitrogen and oxygen atoms in total. The predicted octanol–water partition coefficient (Wildman–Crippen LogP) is 1.75. The molecule has 0 aliphatic carbocycles. The molecule has 0 aromatic heterocycles. The zero-order valence-electron chi connectivity index (χ0n) is 15.1. The number of methoxy groups -OCH3 is 1. The molecule has 8 heteroatoms. The zero-order valence-corrected chi connectivity index (χ0v) is 15.9. The first-order chi connectivity index (χ1) is 12.5. The standard InChI is InChI=1S/C18H24ClN3O4/c1-3-5-16(23)20(8-9-26-2)11-17(24)21-12-18(25)22(13-21)15-7-4-6-14(19)10-15/h4,6-7,10H,3,5,8-9,11-13H2,1-2H3. The van der Waals surface area contributed by atoms with Gasteiger partial charge in [0.25, 0.3) is 0 Å². The molecule has 0 radical (unpaired) electrons. The second kappa shape index (κ2) is 9.54. The fourth-order valence-electron chi connectivity index (χ4n) is 2.71. The third-order valence-electron chi connectivity index (χ3n) is 4.12. The Bertz CT molecular complexity index is 668. The third-order valence-corrected chi connectivity index (χ3v) is 4.36. The number of carbonyl (C=O) groups excluding carboxylic acids is 3. The lowest BCUT2D eigenvalue weighted by Gasteiger charge is -2.25. The SMILES string of the molecule is CCCC(=O)N(CCOC)CC(=O)N1CC(=O)N(c2cccc(Cl)c2)C1. The summed E-state index contributed by atoms with van der Waals surface area (Å²) in [6.45, 7) is 2.70. The van der Waals surface area contributed by atoms with Gasteiger partial charge in [-0.2, -0.15) is 0 Å². The number of rotatable bonds is 8. The molecule has 0 bridgehead atoms. The van der Waals surface area contributed by atoms with Gasteiger partial charge in [-0.05, 0) is 24.6 Å². The maximum absolute atomic E-state index is 12.6. The first-order valence-corrected chi connectivity index (χ1v) is 8.94. The number of benzene rings is 1. The minimum absolute atomic E-state index is 0.00850. The Hall–Kier alpha value is -2.12. The average Bonchev–Trinajstić information content (AvgIpc) is 3.00. The van der Waals surface area contributed by atoms with Crippen LogP contribution in [-0.4, -0.2) is 67.5 Å². The van der Waals surface area contributed by atoms with Crippen LogP contribution in [0.2, 0.25) is 5.02 Å². The van der Waals surface area contributed by atoms with Crippen LogP contribution in [0.5, 0.6) is 0 Å². The summed E-state index contributed by atoms with van der Waals surface area (Å²) in [4.78, 5) is 41.5. The van der Waals surface area contributed by atoms with Gasteiger partial charge >= 0.3 is 0 Å². The maximum Gasteiger partial charge on any atom is 0.248 e. The number of hydrogen-bond donors (Lipinski definition) is 0. The minimum atomic E-state index is -0.261. The van der Waals surface area contributed by atoms with Crippen molar-refractivity contribution in [1.82, 2.24) is 9.80 Å². The van der Waals surface area contributed by atoms with Crippen molar-refractivity contribution in [2.45, 2.75) is 19.8 Å². The van der Waals surface area contributed by atoms with Gasteiger partial charge in [-0.15, -0.1) is 0 Å². The molecule has 1 fully saturated rings. The largest absolute Gasteiger partial charge is 0.383 e. The van der Waals surface area contributed by atoms with Gasteiger partial charge in [0.05, 0.1) is 13.2 Å². The fraction of sp³-hybridized carbons (Fsp3) is 0.500. The topological polar surface area (TPSA) is 70.2 Å². The lowest BCUT2D eigenvalue weighted by atomic mass is 10.3. The van der Waals surface area contributed by atoms with Crippen molar-refractivity contribution < 1.29 is 19.1 Å². The van der Waals surface area contributed by atoms with Gasteiger partial charge in [0.2, 0.25) is 17.7 Å². The molecule has 1 aromatic rings. The number of anilines is 1. The van der Waals surface area contributed by atoms with E-state index in [1.165, 1.54) is 14.7 Å². The summed E-state index contributed by atoms with van der Waals surface area (Å²) < 4.78 is 5.02. The van der Waals surface area contributed by atoms with E-state index in [4.69, 9.17) is 16.3 Å². The van der Waals surface area contributed by atoms with Crippen LogP contribution in [0.25, 0.3) is 0 Å². The summed E-state index contributed by atoms with van der Waals surface area (Å²) in [5.74, 6) is -0.525. The molecule has 0 N–H and O–H groups in total. The molecule has 0 saturated carbocycles. The molecule has 142 valence electrons. The van der Waals surface area contributed by atoms with E-state index in [-0.39, 0.29) is 37.5 Å². The van der Waals surface area contributed by atoms with Crippen LogP contribution >= 0.6 is 11.6 Å². The number of carbonyl (C=O) groups is 3. The lowest BCUT2D eigenvalue weighted by molar-refractivity contribution is -0.140. The summed E-state index contributed by atoms with van der Waals surface area (Å²) in [5.41, 5.74) is 0.649. The lowest BCUT2D eigenvalue weighted by Crippen LogP contribution is -2.43. The Labute approximate surface area is 158 Å². The van der Waals surface area contributed by atoms with E-state index in [1.54, 1.807) is 31.4 Å². The smallest absolute Gasteiger partial charge is 0.248 e. The third kappa shape index (κ3) is 5.19. The number of halogens is 1. The highest BCUT2D eigenvalue weighted by Gasteiger charge is 2.32. The molecular weight excluding hydrogens is 358 g/mol. The van der Waals surface area contributed by atoms with E-state index in [1.807, 2.05) is 6.92 Å². The number of ether oxygens (including phenoxy) is 1. The molecular formula is C18H24ClN3O4. The molecule has 1 aliphatic heterocycles. The molecule has 1 aliphatic rings. The predicted molar refractivity (Wildman–Crippen MR) is 98.9 cm³/mol. The first-order valence-electron chi connectivity index (χ1n) is 8.56. The van der Waals surface area contributed by atoms with Crippen LogP contribution < -0.4 is 4.90 Å². The molecule has 3 amide bonds.